The molecule has 1 aromatic carbocycles. The zero-order valence-electron chi connectivity index (χ0n) is 11.0. The second-order valence-electron chi connectivity index (χ2n) is 3.73. The Morgan fingerprint density at radius 2 is 1.95 bits per heavy atom. The Labute approximate surface area is 111 Å². The maximum Gasteiger partial charge on any atom is 0.329 e. The van der Waals surface area contributed by atoms with E-state index in [1.165, 1.54) is 6.21 Å². The number of methoxy groups -OCH3 is 1. The quantitative estimate of drug-likeness (QED) is 0.465. The monoisotopic (exact) mass is 263 g/mol. The van der Waals surface area contributed by atoms with Gasteiger partial charge in [0, 0.05) is 6.54 Å². The Balaban J connectivity index is 2.44. The molecule has 0 spiro atoms. The molecule has 0 heterocycles. The summed E-state index contributed by atoms with van der Waals surface area (Å²) in [5, 5.41) is 6.15. The second kappa shape index (κ2) is 7.86. The Hall–Kier alpha value is -2.37. The van der Waals surface area contributed by atoms with Gasteiger partial charge in [-0.3, -0.25) is 9.59 Å². The molecule has 0 atom stereocenters. The van der Waals surface area contributed by atoms with Crippen LogP contribution >= 0.6 is 0 Å². The van der Waals surface area contributed by atoms with Crippen molar-refractivity contribution in [2.24, 2.45) is 5.10 Å². The molecule has 0 fully saturated rings. The molecule has 0 aliphatic carbocycles. The van der Waals surface area contributed by atoms with E-state index >= 15 is 0 Å². The van der Waals surface area contributed by atoms with Crippen LogP contribution < -0.4 is 15.5 Å². The van der Waals surface area contributed by atoms with Crippen molar-refractivity contribution < 1.29 is 14.3 Å². The molecule has 6 heteroatoms. The topological polar surface area (TPSA) is 79.8 Å². The van der Waals surface area contributed by atoms with E-state index in [2.05, 4.69) is 15.8 Å². The molecule has 6 nitrogen and oxygen atoms in total. The molecule has 0 radical (unpaired) electrons. The fraction of sp³-hybridized carbons (Fsp3) is 0.308. The van der Waals surface area contributed by atoms with Crippen molar-refractivity contribution in [1.29, 1.82) is 0 Å². The first kappa shape index (κ1) is 14.7. The normalized spacial score (nSPS) is 10.2. The van der Waals surface area contributed by atoms with Gasteiger partial charge < -0.3 is 10.1 Å². The molecule has 0 aliphatic rings. The van der Waals surface area contributed by atoms with Gasteiger partial charge in [-0.25, -0.2) is 5.43 Å². The Kier molecular flexibility index (Phi) is 6.08. The zero-order valence-corrected chi connectivity index (χ0v) is 11.0. The lowest BCUT2D eigenvalue weighted by atomic mass is 10.2. The van der Waals surface area contributed by atoms with E-state index in [4.69, 9.17) is 4.74 Å². The summed E-state index contributed by atoms with van der Waals surface area (Å²) in [5.41, 5.74) is 2.94. The van der Waals surface area contributed by atoms with Crippen LogP contribution in [0.15, 0.2) is 29.4 Å². The van der Waals surface area contributed by atoms with Crippen molar-refractivity contribution >= 4 is 18.0 Å². The predicted molar refractivity (Wildman–Crippen MR) is 72.0 cm³/mol. The van der Waals surface area contributed by atoms with Crippen LogP contribution in [0, 0.1) is 0 Å². The minimum atomic E-state index is -0.779. The fourth-order valence-electron chi connectivity index (χ4n) is 1.22. The summed E-state index contributed by atoms with van der Waals surface area (Å²) < 4.78 is 5.01. The lowest BCUT2D eigenvalue weighted by Crippen LogP contribution is -2.38. The van der Waals surface area contributed by atoms with Gasteiger partial charge in [-0.15, -0.1) is 0 Å². The van der Waals surface area contributed by atoms with E-state index in [9.17, 15) is 9.59 Å². The highest BCUT2D eigenvalue weighted by molar-refractivity contribution is 6.35. The number of hydrogen-bond donors (Lipinski definition) is 2. The maximum absolute atomic E-state index is 11.3. The number of amides is 2. The molecule has 19 heavy (non-hydrogen) atoms. The number of carbonyl (C=O) groups is 2. The molecule has 0 aliphatic heterocycles. The van der Waals surface area contributed by atoms with E-state index < -0.39 is 11.8 Å². The largest absolute Gasteiger partial charge is 0.497 e. The van der Waals surface area contributed by atoms with Crippen LogP contribution in [-0.2, 0) is 9.59 Å². The average molecular weight is 263 g/mol. The molecule has 0 saturated carbocycles. The molecule has 0 aromatic heterocycles. The van der Waals surface area contributed by atoms with Gasteiger partial charge >= 0.3 is 11.8 Å². The molecular formula is C13H17N3O3. The molecule has 0 unspecified atom stereocenters. The molecule has 102 valence electrons. The van der Waals surface area contributed by atoms with Crippen molar-refractivity contribution in [1.82, 2.24) is 10.7 Å². The van der Waals surface area contributed by atoms with E-state index in [1.807, 2.05) is 6.92 Å². The fourth-order valence-corrected chi connectivity index (χ4v) is 1.22. The highest BCUT2D eigenvalue weighted by Crippen LogP contribution is 2.09. The number of nitrogens with one attached hydrogen (secondary N) is 2. The summed E-state index contributed by atoms with van der Waals surface area (Å²) in [4.78, 5) is 22.5. The number of benzene rings is 1. The van der Waals surface area contributed by atoms with Crippen LogP contribution in [0.4, 0.5) is 0 Å². The summed E-state index contributed by atoms with van der Waals surface area (Å²) >= 11 is 0. The summed E-state index contributed by atoms with van der Waals surface area (Å²) in [6.45, 7) is 2.37. The first-order valence-electron chi connectivity index (χ1n) is 5.92. The highest BCUT2D eigenvalue weighted by atomic mass is 16.5. The number of hydrogen-bond acceptors (Lipinski definition) is 4. The van der Waals surface area contributed by atoms with Crippen LogP contribution in [0.3, 0.4) is 0 Å². The van der Waals surface area contributed by atoms with Crippen molar-refractivity contribution in [3.8, 4) is 5.75 Å². The summed E-state index contributed by atoms with van der Waals surface area (Å²) in [6.07, 6.45) is 2.22. The van der Waals surface area contributed by atoms with E-state index in [0.29, 0.717) is 6.54 Å². The van der Waals surface area contributed by atoms with Gasteiger partial charge in [0.1, 0.15) is 5.75 Å². The van der Waals surface area contributed by atoms with Gasteiger partial charge in [-0.1, -0.05) is 6.92 Å². The van der Waals surface area contributed by atoms with Gasteiger partial charge in [0.05, 0.1) is 13.3 Å². The Morgan fingerprint density at radius 1 is 1.26 bits per heavy atom. The number of hydrazone groups is 1. The predicted octanol–water partition coefficient (Wildman–Crippen LogP) is 0.671. The van der Waals surface area contributed by atoms with Crippen LogP contribution in [0.25, 0.3) is 0 Å². The molecule has 2 amide bonds. The van der Waals surface area contributed by atoms with Crippen LogP contribution in [0.2, 0.25) is 0 Å². The minimum Gasteiger partial charge on any atom is -0.497 e. The smallest absolute Gasteiger partial charge is 0.329 e. The summed E-state index contributed by atoms with van der Waals surface area (Å²) in [6, 6.07) is 7.12. The number of rotatable bonds is 5. The number of nitrogens with zero attached hydrogens (tertiary/aromatic N) is 1. The molecule has 0 saturated heterocycles. The molecular weight excluding hydrogens is 246 g/mol. The lowest BCUT2D eigenvalue weighted by molar-refractivity contribution is -0.139. The van der Waals surface area contributed by atoms with Crippen LogP contribution in [0.1, 0.15) is 18.9 Å². The van der Waals surface area contributed by atoms with Crippen LogP contribution in [0.5, 0.6) is 5.75 Å². The molecule has 1 rings (SSSR count). The third-order valence-corrected chi connectivity index (χ3v) is 2.24. The third kappa shape index (κ3) is 5.20. The lowest BCUT2D eigenvalue weighted by Gasteiger charge is -2.01. The van der Waals surface area contributed by atoms with Crippen molar-refractivity contribution in [2.45, 2.75) is 13.3 Å². The highest BCUT2D eigenvalue weighted by Gasteiger charge is 2.10. The van der Waals surface area contributed by atoms with E-state index in [0.717, 1.165) is 17.7 Å². The standard InChI is InChI=1S/C13H17N3O3/c1-3-8-14-12(17)13(18)16-15-9-10-4-6-11(19-2)7-5-10/h4-7,9H,3,8H2,1-2H3,(H,14,17)(H,16,18). The van der Waals surface area contributed by atoms with Gasteiger partial charge in [0.2, 0.25) is 0 Å². The number of carbonyl (C=O) groups excluding carboxylic acids is 2. The average Bonchev–Trinajstić information content (AvgIpc) is 2.45. The summed E-state index contributed by atoms with van der Waals surface area (Å²) in [7, 11) is 1.58. The summed E-state index contributed by atoms with van der Waals surface area (Å²) in [5.74, 6) is -0.730. The van der Waals surface area contributed by atoms with Gasteiger partial charge in [-0.2, -0.15) is 5.10 Å². The first-order chi connectivity index (χ1) is 9.17. The maximum atomic E-state index is 11.3. The molecule has 0 bridgehead atoms. The minimum absolute atomic E-state index is 0.467. The Bertz CT molecular complexity index is 455. The Morgan fingerprint density at radius 3 is 2.53 bits per heavy atom. The van der Waals surface area contributed by atoms with E-state index in [-0.39, 0.29) is 0 Å². The first-order valence-corrected chi connectivity index (χ1v) is 5.92. The third-order valence-electron chi connectivity index (χ3n) is 2.24. The van der Waals surface area contributed by atoms with Crippen molar-refractivity contribution in [2.75, 3.05) is 13.7 Å². The molecule has 1 aromatic rings. The van der Waals surface area contributed by atoms with Gasteiger partial charge in [-0.05, 0) is 36.2 Å². The van der Waals surface area contributed by atoms with E-state index in [1.54, 1.807) is 31.4 Å². The van der Waals surface area contributed by atoms with Gasteiger partial charge in [0.25, 0.3) is 0 Å². The van der Waals surface area contributed by atoms with Crippen molar-refractivity contribution in [3.05, 3.63) is 29.8 Å². The SMILES string of the molecule is CCCNC(=O)C(=O)NN=Cc1ccc(OC)cc1. The zero-order chi connectivity index (χ0) is 14.1. The molecule has 2 N–H and O–H groups in total. The van der Waals surface area contributed by atoms with Crippen molar-refractivity contribution in [3.63, 3.8) is 0 Å². The number of ether oxygens (including phenoxy) is 1. The second-order valence-corrected chi connectivity index (χ2v) is 3.73. The van der Waals surface area contributed by atoms with Gasteiger partial charge in [0.15, 0.2) is 0 Å². The van der Waals surface area contributed by atoms with Crippen LogP contribution in [-0.4, -0.2) is 31.7 Å².